The van der Waals surface area contributed by atoms with Crippen molar-refractivity contribution >= 4 is 17.2 Å². The summed E-state index contributed by atoms with van der Waals surface area (Å²) in [6.45, 7) is 2.61. The topological polar surface area (TPSA) is 32.5 Å². The first-order valence-electron chi connectivity index (χ1n) is 6.94. The zero-order valence-electron chi connectivity index (χ0n) is 12.1. The van der Waals surface area contributed by atoms with E-state index in [0.29, 0.717) is 23.1 Å². The number of benzene rings is 1. The number of rotatable bonds is 4. The van der Waals surface area contributed by atoms with Gasteiger partial charge in [0.15, 0.2) is 0 Å². The highest BCUT2D eigenvalue weighted by atomic mass is 32.1. The number of thiocarbonyl (C=S) groups is 1. The summed E-state index contributed by atoms with van der Waals surface area (Å²) >= 11 is 4.96. The van der Waals surface area contributed by atoms with Crippen LogP contribution in [-0.2, 0) is 6.54 Å². The lowest BCUT2D eigenvalue weighted by Crippen LogP contribution is -2.44. The van der Waals surface area contributed by atoms with Crippen LogP contribution in [0.25, 0.3) is 0 Å². The Hall–Kier alpha value is -1.04. The lowest BCUT2D eigenvalue weighted by Gasteiger charge is -2.36. The van der Waals surface area contributed by atoms with Crippen molar-refractivity contribution < 1.29 is 4.39 Å². The summed E-state index contributed by atoms with van der Waals surface area (Å²) in [7, 11) is 4.20. The molecule has 3 nitrogen and oxygen atoms in total. The third-order valence-electron chi connectivity index (χ3n) is 3.94. The highest BCUT2D eigenvalue weighted by Gasteiger charge is 2.22. The molecule has 1 unspecified atom stereocenters. The zero-order valence-corrected chi connectivity index (χ0v) is 12.9. The maximum absolute atomic E-state index is 13.9. The van der Waals surface area contributed by atoms with Crippen molar-refractivity contribution in [1.29, 1.82) is 0 Å². The first kappa shape index (κ1) is 15.4. The Kier molecular flexibility index (Phi) is 5.07. The largest absolute Gasteiger partial charge is 0.389 e. The van der Waals surface area contributed by atoms with E-state index in [1.54, 1.807) is 12.1 Å². The van der Waals surface area contributed by atoms with Gasteiger partial charge in [-0.2, -0.15) is 0 Å². The van der Waals surface area contributed by atoms with Crippen LogP contribution in [0.5, 0.6) is 0 Å². The fourth-order valence-corrected chi connectivity index (χ4v) is 2.81. The molecule has 0 aromatic heterocycles. The van der Waals surface area contributed by atoms with Gasteiger partial charge in [-0.1, -0.05) is 12.2 Å². The van der Waals surface area contributed by atoms with Gasteiger partial charge >= 0.3 is 0 Å². The van der Waals surface area contributed by atoms with Crippen LogP contribution < -0.4 is 5.73 Å². The number of hydrogen-bond acceptors (Lipinski definition) is 3. The minimum absolute atomic E-state index is 0.183. The van der Waals surface area contributed by atoms with Gasteiger partial charge < -0.3 is 10.6 Å². The number of nitrogens with two attached hydrogens (primary N) is 1. The third kappa shape index (κ3) is 3.75. The van der Waals surface area contributed by atoms with Gasteiger partial charge in [0.1, 0.15) is 10.8 Å². The average molecular weight is 295 g/mol. The normalized spacial score (nSPS) is 20.3. The van der Waals surface area contributed by atoms with Gasteiger partial charge in [-0.25, -0.2) is 4.39 Å². The highest BCUT2D eigenvalue weighted by molar-refractivity contribution is 7.80. The number of likely N-dealkylation sites (N-methyl/N-ethyl adjacent to an activating group) is 1. The number of likely N-dealkylation sites (tertiary alicyclic amines) is 1. The van der Waals surface area contributed by atoms with Crippen LogP contribution in [0.4, 0.5) is 4.39 Å². The molecule has 1 heterocycles. The van der Waals surface area contributed by atoms with Crippen LogP contribution in [0.1, 0.15) is 24.0 Å². The maximum atomic E-state index is 13.9. The summed E-state index contributed by atoms with van der Waals surface area (Å²) in [5.74, 6) is -0.183. The number of hydrogen-bond donors (Lipinski definition) is 1. The van der Waals surface area contributed by atoms with Crippen LogP contribution >= 0.6 is 12.2 Å². The summed E-state index contributed by atoms with van der Waals surface area (Å²) in [5.41, 5.74) is 7.03. The number of nitrogens with zero attached hydrogens (tertiary/aromatic N) is 2. The molecule has 2 N–H and O–H groups in total. The van der Waals surface area contributed by atoms with E-state index in [1.807, 2.05) is 0 Å². The number of piperidine rings is 1. The van der Waals surface area contributed by atoms with E-state index in [4.69, 9.17) is 18.0 Å². The molecule has 0 radical (unpaired) electrons. The van der Waals surface area contributed by atoms with E-state index >= 15 is 0 Å². The van der Waals surface area contributed by atoms with E-state index in [0.717, 1.165) is 25.1 Å². The summed E-state index contributed by atoms with van der Waals surface area (Å²) in [6, 6.07) is 5.42. The summed E-state index contributed by atoms with van der Waals surface area (Å²) in [5, 5.41) is 0. The van der Waals surface area contributed by atoms with E-state index in [2.05, 4.69) is 23.9 Å². The molecule has 1 aliphatic rings. The van der Waals surface area contributed by atoms with Crippen molar-refractivity contribution in [2.24, 2.45) is 5.73 Å². The molecule has 0 saturated carbocycles. The highest BCUT2D eigenvalue weighted by Crippen LogP contribution is 2.19. The van der Waals surface area contributed by atoms with Crippen LogP contribution in [-0.4, -0.2) is 48.0 Å². The van der Waals surface area contributed by atoms with Gasteiger partial charge in [0.25, 0.3) is 0 Å². The molecule has 0 bridgehead atoms. The zero-order chi connectivity index (χ0) is 14.7. The van der Waals surface area contributed by atoms with E-state index in [1.165, 1.54) is 12.5 Å². The molecule has 1 aromatic carbocycles. The fourth-order valence-electron chi connectivity index (χ4n) is 2.69. The van der Waals surface area contributed by atoms with Crippen LogP contribution in [0.2, 0.25) is 0 Å². The SMILES string of the molecule is CN(C)C1CCCN(Cc2cc(C(N)=S)ccc2F)C1. The molecule has 20 heavy (non-hydrogen) atoms. The van der Waals surface area contributed by atoms with Crippen molar-refractivity contribution in [1.82, 2.24) is 9.80 Å². The monoisotopic (exact) mass is 295 g/mol. The smallest absolute Gasteiger partial charge is 0.127 e. The third-order valence-corrected chi connectivity index (χ3v) is 4.17. The molecule has 1 atom stereocenters. The Morgan fingerprint density at radius 3 is 2.90 bits per heavy atom. The average Bonchev–Trinajstić information content (AvgIpc) is 2.41. The Morgan fingerprint density at radius 2 is 2.25 bits per heavy atom. The summed E-state index contributed by atoms with van der Waals surface area (Å²) in [6.07, 6.45) is 2.36. The van der Waals surface area contributed by atoms with Gasteiger partial charge in [-0.05, 0) is 51.7 Å². The van der Waals surface area contributed by atoms with Crippen molar-refractivity contribution in [2.45, 2.75) is 25.4 Å². The van der Waals surface area contributed by atoms with Crippen LogP contribution in [0, 0.1) is 5.82 Å². The first-order valence-corrected chi connectivity index (χ1v) is 7.35. The molecule has 110 valence electrons. The van der Waals surface area contributed by atoms with Gasteiger partial charge in [0, 0.05) is 30.3 Å². The quantitative estimate of drug-likeness (QED) is 0.861. The Labute approximate surface area is 125 Å². The van der Waals surface area contributed by atoms with E-state index < -0.39 is 0 Å². The Balaban J connectivity index is 2.09. The maximum Gasteiger partial charge on any atom is 0.127 e. The van der Waals surface area contributed by atoms with Crippen molar-refractivity contribution in [3.63, 3.8) is 0 Å². The predicted molar refractivity (Wildman–Crippen MR) is 84.3 cm³/mol. The second kappa shape index (κ2) is 6.61. The molecule has 1 aromatic rings. The second-order valence-corrected chi connectivity index (χ2v) is 6.11. The van der Waals surface area contributed by atoms with Gasteiger partial charge in [0.2, 0.25) is 0 Å². The van der Waals surface area contributed by atoms with Crippen molar-refractivity contribution in [3.8, 4) is 0 Å². The molecule has 1 fully saturated rings. The van der Waals surface area contributed by atoms with Gasteiger partial charge in [0.05, 0.1) is 0 Å². The van der Waals surface area contributed by atoms with Crippen LogP contribution in [0.15, 0.2) is 18.2 Å². The molecule has 0 aliphatic carbocycles. The molecule has 1 aliphatic heterocycles. The standard InChI is InChI=1S/C15H22FN3S/c1-18(2)13-4-3-7-19(10-13)9-12-8-11(15(17)20)5-6-14(12)16/h5-6,8,13H,3-4,7,9-10H2,1-2H3,(H2,17,20). The van der Waals surface area contributed by atoms with Gasteiger partial charge in [-0.3, -0.25) is 4.90 Å². The van der Waals surface area contributed by atoms with Crippen LogP contribution in [0.3, 0.4) is 0 Å². The Bertz CT molecular complexity index is 490. The molecule has 0 spiro atoms. The second-order valence-electron chi connectivity index (χ2n) is 5.67. The summed E-state index contributed by atoms with van der Waals surface area (Å²) in [4.78, 5) is 4.86. The lowest BCUT2D eigenvalue weighted by atomic mass is 10.0. The van der Waals surface area contributed by atoms with Gasteiger partial charge in [-0.15, -0.1) is 0 Å². The minimum Gasteiger partial charge on any atom is -0.389 e. The molecule has 0 amide bonds. The molecule has 2 rings (SSSR count). The fraction of sp³-hybridized carbons (Fsp3) is 0.533. The molecular formula is C15H22FN3S. The van der Waals surface area contributed by atoms with E-state index in [-0.39, 0.29) is 5.82 Å². The lowest BCUT2D eigenvalue weighted by molar-refractivity contribution is 0.127. The Morgan fingerprint density at radius 1 is 1.50 bits per heavy atom. The first-order chi connectivity index (χ1) is 9.47. The minimum atomic E-state index is -0.183. The van der Waals surface area contributed by atoms with E-state index in [9.17, 15) is 4.39 Å². The van der Waals surface area contributed by atoms with Crippen molar-refractivity contribution in [3.05, 3.63) is 35.1 Å². The molecular weight excluding hydrogens is 273 g/mol. The predicted octanol–water partition coefficient (Wildman–Crippen LogP) is 1.99. The number of halogens is 1. The molecule has 5 heteroatoms. The summed E-state index contributed by atoms with van der Waals surface area (Å²) < 4.78 is 13.9. The molecule has 1 saturated heterocycles. The van der Waals surface area contributed by atoms with Crippen molar-refractivity contribution in [2.75, 3.05) is 27.2 Å².